The third-order valence-electron chi connectivity index (χ3n) is 5.70. The van der Waals surface area contributed by atoms with E-state index in [0.717, 1.165) is 16.8 Å². The molecule has 0 bridgehead atoms. The Morgan fingerprint density at radius 3 is 2.24 bits per heavy atom. The van der Waals surface area contributed by atoms with Crippen LogP contribution in [0.2, 0.25) is 5.02 Å². The van der Waals surface area contributed by atoms with Crippen molar-refractivity contribution in [2.75, 3.05) is 16.8 Å². The van der Waals surface area contributed by atoms with E-state index in [9.17, 15) is 9.59 Å². The van der Waals surface area contributed by atoms with E-state index in [1.54, 1.807) is 53.6 Å². The number of carbonyl (C=O) groups excluding carboxylic acids is 2. The largest absolute Gasteiger partial charge is 0.443 e. The van der Waals surface area contributed by atoms with Gasteiger partial charge in [0.1, 0.15) is 5.60 Å². The van der Waals surface area contributed by atoms with Gasteiger partial charge < -0.3 is 10.1 Å². The second-order valence-electron chi connectivity index (χ2n) is 9.76. The van der Waals surface area contributed by atoms with Crippen molar-refractivity contribution in [1.29, 1.82) is 0 Å². The molecular weight excluding hydrogens is 498 g/mol. The van der Waals surface area contributed by atoms with Gasteiger partial charge in [-0.15, -0.1) is 0 Å². The maximum Gasteiger partial charge on any atom is 0.414 e. The van der Waals surface area contributed by atoms with Crippen LogP contribution in [0.4, 0.5) is 16.2 Å². The highest BCUT2D eigenvalue weighted by Crippen LogP contribution is 2.27. The first-order valence-electron chi connectivity index (χ1n) is 12.4. The number of nitrogens with one attached hydrogen (secondary N) is 1. The summed E-state index contributed by atoms with van der Waals surface area (Å²) in [5.74, 6) is -0.234. The third-order valence-corrected chi connectivity index (χ3v) is 5.95. The molecule has 6 nitrogen and oxygen atoms in total. The summed E-state index contributed by atoms with van der Waals surface area (Å²) in [6.45, 7) is 5.90. The van der Waals surface area contributed by atoms with Gasteiger partial charge in [0.25, 0.3) is 5.91 Å². The Kier molecular flexibility index (Phi) is 8.44. The highest BCUT2D eigenvalue weighted by atomic mass is 35.5. The van der Waals surface area contributed by atoms with Crippen LogP contribution in [0.1, 0.15) is 36.8 Å². The molecule has 4 aromatic rings. The molecule has 0 fully saturated rings. The lowest BCUT2D eigenvalue weighted by Crippen LogP contribution is -2.38. The van der Waals surface area contributed by atoms with Crippen LogP contribution in [0.3, 0.4) is 0 Å². The van der Waals surface area contributed by atoms with Crippen molar-refractivity contribution in [3.8, 4) is 11.1 Å². The van der Waals surface area contributed by atoms with E-state index >= 15 is 0 Å². The standard InChI is InChI=1S/C31H30ClN3O3/c1-31(2,3)38-30(37)35(21-19-24-8-6-7-20-33-24)26-17-15-25(16-18-26)34-29(36)28-10-5-4-9-27(28)22-11-13-23(32)14-12-22/h4-18,20H,19,21H2,1-3H3,(H,34,36). The van der Waals surface area contributed by atoms with Gasteiger partial charge in [-0.1, -0.05) is 48.0 Å². The second-order valence-corrected chi connectivity index (χ2v) is 10.2. The Balaban J connectivity index is 1.52. The number of ether oxygens (including phenoxy) is 1. The van der Waals surface area contributed by atoms with Gasteiger partial charge in [-0.3, -0.25) is 14.7 Å². The van der Waals surface area contributed by atoms with Crippen molar-refractivity contribution in [1.82, 2.24) is 4.98 Å². The Hall–Kier alpha value is -4.16. The van der Waals surface area contributed by atoms with Gasteiger partial charge >= 0.3 is 6.09 Å². The fourth-order valence-electron chi connectivity index (χ4n) is 3.90. The monoisotopic (exact) mass is 527 g/mol. The molecule has 4 rings (SSSR count). The predicted molar refractivity (Wildman–Crippen MR) is 153 cm³/mol. The average Bonchev–Trinajstić information content (AvgIpc) is 2.90. The molecule has 7 heteroatoms. The first-order valence-corrected chi connectivity index (χ1v) is 12.7. The lowest BCUT2D eigenvalue weighted by atomic mass is 9.99. The Labute approximate surface area is 228 Å². The molecule has 0 aliphatic carbocycles. The quantitative estimate of drug-likeness (QED) is 0.268. The molecule has 2 amide bonds. The Morgan fingerprint density at radius 1 is 0.895 bits per heavy atom. The van der Waals surface area contributed by atoms with Crippen LogP contribution in [-0.2, 0) is 11.2 Å². The normalized spacial score (nSPS) is 11.1. The number of pyridine rings is 1. The summed E-state index contributed by atoms with van der Waals surface area (Å²) in [6, 6.07) is 27.6. The summed E-state index contributed by atoms with van der Waals surface area (Å²) >= 11 is 6.03. The smallest absolute Gasteiger partial charge is 0.414 e. The average molecular weight is 528 g/mol. The van der Waals surface area contributed by atoms with Crippen molar-refractivity contribution >= 4 is 35.0 Å². The van der Waals surface area contributed by atoms with Gasteiger partial charge in [0.15, 0.2) is 0 Å². The summed E-state index contributed by atoms with van der Waals surface area (Å²) < 4.78 is 5.65. The van der Waals surface area contributed by atoms with Gasteiger partial charge in [0, 0.05) is 46.8 Å². The molecule has 0 saturated heterocycles. The number of nitrogens with zero attached hydrogens (tertiary/aromatic N) is 2. The van der Waals surface area contributed by atoms with Crippen LogP contribution >= 0.6 is 11.6 Å². The van der Waals surface area contributed by atoms with Gasteiger partial charge in [-0.05, 0) is 86.5 Å². The van der Waals surface area contributed by atoms with Crippen LogP contribution in [0.25, 0.3) is 11.1 Å². The maximum absolute atomic E-state index is 13.2. The molecule has 0 unspecified atom stereocenters. The van der Waals surface area contributed by atoms with E-state index in [2.05, 4.69) is 10.3 Å². The molecule has 194 valence electrons. The molecule has 0 atom stereocenters. The summed E-state index contributed by atoms with van der Waals surface area (Å²) in [6.07, 6.45) is 1.86. The van der Waals surface area contributed by atoms with Gasteiger partial charge in [0.2, 0.25) is 0 Å². The fraction of sp³-hybridized carbons (Fsp3) is 0.194. The predicted octanol–water partition coefficient (Wildman–Crippen LogP) is 7.64. The van der Waals surface area contributed by atoms with Gasteiger partial charge in [0.05, 0.1) is 0 Å². The number of anilines is 2. The van der Waals surface area contributed by atoms with E-state index in [4.69, 9.17) is 16.3 Å². The van der Waals surface area contributed by atoms with E-state index in [1.165, 1.54) is 0 Å². The molecule has 3 aromatic carbocycles. The van der Waals surface area contributed by atoms with E-state index < -0.39 is 11.7 Å². The zero-order valence-electron chi connectivity index (χ0n) is 21.6. The lowest BCUT2D eigenvalue weighted by Gasteiger charge is -2.27. The minimum atomic E-state index is -0.633. The molecule has 38 heavy (non-hydrogen) atoms. The summed E-state index contributed by atoms with van der Waals surface area (Å²) in [7, 11) is 0. The van der Waals surface area contributed by atoms with Crippen LogP contribution in [0.5, 0.6) is 0 Å². The molecule has 1 aromatic heterocycles. The number of carbonyl (C=O) groups is 2. The van der Waals surface area contributed by atoms with Crippen molar-refractivity contribution < 1.29 is 14.3 Å². The number of rotatable bonds is 7. The number of aromatic nitrogens is 1. The second kappa shape index (κ2) is 11.9. The van der Waals surface area contributed by atoms with Crippen molar-refractivity contribution in [2.45, 2.75) is 32.8 Å². The lowest BCUT2D eigenvalue weighted by molar-refractivity contribution is 0.0580. The minimum Gasteiger partial charge on any atom is -0.443 e. The highest BCUT2D eigenvalue weighted by molar-refractivity contribution is 6.30. The molecule has 0 aliphatic rings. The number of hydrogen-bond acceptors (Lipinski definition) is 4. The van der Waals surface area contributed by atoms with E-state index in [1.807, 2.05) is 69.3 Å². The van der Waals surface area contributed by atoms with E-state index in [-0.39, 0.29) is 5.91 Å². The summed E-state index contributed by atoms with van der Waals surface area (Å²) in [5.41, 5.74) is 3.77. The highest BCUT2D eigenvalue weighted by Gasteiger charge is 2.23. The molecule has 1 heterocycles. The molecule has 0 saturated carbocycles. The fourth-order valence-corrected chi connectivity index (χ4v) is 4.03. The van der Waals surface area contributed by atoms with Crippen molar-refractivity contribution in [3.63, 3.8) is 0 Å². The number of benzene rings is 3. The first kappa shape index (κ1) is 26.9. The SMILES string of the molecule is CC(C)(C)OC(=O)N(CCc1ccccn1)c1ccc(NC(=O)c2ccccc2-c2ccc(Cl)cc2)cc1. The Bertz CT molecular complexity index is 1380. The topological polar surface area (TPSA) is 71.5 Å². The summed E-state index contributed by atoms with van der Waals surface area (Å²) in [5, 5.41) is 3.60. The van der Waals surface area contributed by atoms with Crippen LogP contribution < -0.4 is 10.2 Å². The minimum absolute atomic E-state index is 0.234. The van der Waals surface area contributed by atoms with Crippen LogP contribution in [0.15, 0.2) is 97.2 Å². The van der Waals surface area contributed by atoms with E-state index in [0.29, 0.717) is 34.9 Å². The zero-order valence-corrected chi connectivity index (χ0v) is 22.4. The molecule has 0 aliphatic heterocycles. The van der Waals surface area contributed by atoms with Gasteiger partial charge in [-0.2, -0.15) is 0 Å². The Morgan fingerprint density at radius 2 is 1.58 bits per heavy atom. The number of amides is 2. The van der Waals surface area contributed by atoms with Crippen LogP contribution in [0, 0.1) is 0 Å². The first-order chi connectivity index (χ1) is 18.2. The molecule has 0 radical (unpaired) electrons. The number of halogens is 1. The summed E-state index contributed by atoms with van der Waals surface area (Å²) in [4.78, 5) is 32.2. The van der Waals surface area contributed by atoms with Crippen molar-refractivity contribution in [2.24, 2.45) is 0 Å². The van der Waals surface area contributed by atoms with Crippen molar-refractivity contribution in [3.05, 3.63) is 113 Å². The number of hydrogen-bond donors (Lipinski definition) is 1. The van der Waals surface area contributed by atoms with Crippen LogP contribution in [-0.4, -0.2) is 29.1 Å². The van der Waals surface area contributed by atoms with Gasteiger partial charge in [-0.25, -0.2) is 4.79 Å². The molecule has 1 N–H and O–H groups in total. The molecule has 0 spiro atoms. The maximum atomic E-state index is 13.2. The third kappa shape index (κ3) is 7.20. The zero-order chi connectivity index (χ0) is 27.1. The molecular formula is C31H30ClN3O3.